The van der Waals surface area contributed by atoms with Crippen molar-refractivity contribution in [2.45, 2.75) is 24.7 Å². The fourth-order valence-electron chi connectivity index (χ4n) is 1.34. The highest BCUT2D eigenvalue weighted by atomic mass is 32.2. The minimum absolute atomic E-state index is 0.133. The summed E-state index contributed by atoms with van der Waals surface area (Å²) in [6.45, 7) is 4.89. The van der Waals surface area contributed by atoms with Gasteiger partial charge in [0.25, 0.3) is 0 Å². The van der Waals surface area contributed by atoms with E-state index in [2.05, 4.69) is 0 Å². The van der Waals surface area contributed by atoms with Crippen molar-refractivity contribution in [3.05, 3.63) is 29.8 Å². The molecule has 0 saturated heterocycles. The van der Waals surface area contributed by atoms with Gasteiger partial charge in [0.1, 0.15) is 0 Å². The van der Waals surface area contributed by atoms with Gasteiger partial charge in [-0.3, -0.25) is 0 Å². The lowest BCUT2D eigenvalue weighted by Gasteiger charge is -2.00. The van der Waals surface area contributed by atoms with Crippen LogP contribution in [0.5, 0.6) is 0 Å². The van der Waals surface area contributed by atoms with Crippen LogP contribution in [0.4, 0.5) is 0 Å². The van der Waals surface area contributed by atoms with Crippen LogP contribution in [0.3, 0.4) is 0 Å². The standard InChI is InChI=1S/C8H12N2O2S.C5H13NO/c9-6-5-7-1-3-8(4-2-7)13(10,11)12;1-2-7-5-3-4-6/h1-4H,5-6,9H2,(H2,10,11,12);2-6H2,1H3. The van der Waals surface area contributed by atoms with Crippen LogP contribution >= 0.6 is 0 Å². The Balaban J connectivity index is 0.000000441. The summed E-state index contributed by atoms with van der Waals surface area (Å²) in [6, 6.07) is 6.40. The molecular formula is C13H25N3O3S. The Morgan fingerprint density at radius 2 is 1.70 bits per heavy atom. The number of rotatable bonds is 7. The molecule has 1 aromatic rings. The number of hydrogen-bond donors (Lipinski definition) is 3. The maximum absolute atomic E-state index is 10.9. The first-order valence-electron chi connectivity index (χ1n) is 6.55. The summed E-state index contributed by atoms with van der Waals surface area (Å²) in [4.78, 5) is 0.133. The highest BCUT2D eigenvalue weighted by Gasteiger charge is 2.05. The number of ether oxygens (including phenoxy) is 1. The minimum Gasteiger partial charge on any atom is -0.382 e. The first kappa shape index (κ1) is 19.0. The highest BCUT2D eigenvalue weighted by Crippen LogP contribution is 2.08. The number of nitrogens with two attached hydrogens (primary N) is 3. The number of hydrogen-bond acceptors (Lipinski definition) is 5. The summed E-state index contributed by atoms with van der Waals surface area (Å²) in [5.41, 5.74) is 11.5. The van der Waals surface area contributed by atoms with Crippen LogP contribution in [-0.4, -0.2) is 34.7 Å². The van der Waals surface area contributed by atoms with Gasteiger partial charge in [-0.1, -0.05) is 12.1 Å². The molecule has 0 spiro atoms. The Morgan fingerprint density at radius 3 is 2.10 bits per heavy atom. The smallest absolute Gasteiger partial charge is 0.238 e. The van der Waals surface area contributed by atoms with E-state index in [1.54, 1.807) is 12.1 Å². The van der Waals surface area contributed by atoms with Gasteiger partial charge in [-0.05, 0) is 50.6 Å². The van der Waals surface area contributed by atoms with Crippen LogP contribution in [-0.2, 0) is 21.2 Å². The molecule has 0 atom stereocenters. The van der Waals surface area contributed by atoms with Crippen molar-refractivity contribution in [1.82, 2.24) is 0 Å². The topological polar surface area (TPSA) is 121 Å². The van der Waals surface area contributed by atoms with E-state index < -0.39 is 10.0 Å². The molecule has 1 aromatic carbocycles. The fourth-order valence-corrected chi connectivity index (χ4v) is 1.86. The van der Waals surface area contributed by atoms with E-state index in [0.29, 0.717) is 6.54 Å². The van der Waals surface area contributed by atoms with Gasteiger partial charge >= 0.3 is 0 Å². The summed E-state index contributed by atoms with van der Waals surface area (Å²) in [7, 11) is -3.57. The predicted octanol–water partition coefficient (Wildman–Crippen LogP) is 0.207. The Kier molecular flexibility index (Phi) is 10.2. The van der Waals surface area contributed by atoms with Crippen molar-refractivity contribution < 1.29 is 13.2 Å². The molecule has 0 heterocycles. The predicted molar refractivity (Wildman–Crippen MR) is 80.7 cm³/mol. The molecule has 1 rings (SSSR count). The third-order valence-electron chi connectivity index (χ3n) is 2.38. The van der Waals surface area contributed by atoms with Gasteiger partial charge in [0.2, 0.25) is 10.0 Å². The zero-order valence-corrected chi connectivity index (χ0v) is 12.7. The van der Waals surface area contributed by atoms with E-state index in [4.69, 9.17) is 21.3 Å². The summed E-state index contributed by atoms with van der Waals surface area (Å²) in [5, 5.41) is 4.93. The normalized spacial score (nSPS) is 10.8. The van der Waals surface area contributed by atoms with Crippen molar-refractivity contribution in [3.63, 3.8) is 0 Å². The second kappa shape index (κ2) is 10.8. The zero-order valence-electron chi connectivity index (χ0n) is 11.9. The van der Waals surface area contributed by atoms with E-state index in [1.165, 1.54) is 12.1 Å². The molecule has 116 valence electrons. The largest absolute Gasteiger partial charge is 0.382 e. The number of sulfonamides is 1. The molecular weight excluding hydrogens is 278 g/mol. The summed E-state index contributed by atoms with van der Waals surface area (Å²) in [6.07, 6.45) is 1.72. The van der Waals surface area contributed by atoms with Gasteiger partial charge in [0.15, 0.2) is 0 Å². The maximum Gasteiger partial charge on any atom is 0.238 e. The second-order valence-electron chi connectivity index (χ2n) is 4.07. The Hall–Kier alpha value is -0.990. The Morgan fingerprint density at radius 1 is 1.10 bits per heavy atom. The maximum atomic E-state index is 10.9. The van der Waals surface area contributed by atoms with E-state index >= 15 is 0 Å². The van der Waals surface area contributed by atoms with Crippen LogP contribution in [0.1, 0.15) is 18.9 Å². The highest BCUT2D eigenvalue weighted by molar-refractivity contribution is 7.89. The van der Waals surface area contributed by atoms with Crippen LogP contribution in [0.25, 0.3) is 0 Å². The van der Waals surface area contributed by atoms with Gasteiger partial charge in [0.05, 0.1) is 4.90 Å². The number of primary sulfonamides is 1. The van der Waals surface area contributed by atoms with Crippen LogP contribution in [0.2, 0.25) is 0 Å². The summed E-state index contributed by atoms with van der Waals surface area (Å²) < 4.78 is 26.7. The molecule has 0 aliphatic rings. The van der Waals surface area contributed by atoms with Crippen molar-refractivity contribution in [1.29, 1.82) is 0 Å². The lowest BCUT2D eigenvalue weighted by molar-refractivity contribution is 0.146. The van der Waals surface area contributed by atoms with E-state index in [9.17, 15) is 8.42 Å². The van der Waals surface area contributed by atoms with Gasteiger partial charge < -0.3 is 16.2 Å². The van der Waals surface area contributed by atoms with Gasteiger partial charge in [0, 0.05) is 13.2 Å². The molecule has 0 amide bonds. The molecule has 0 aromatic heterocycles. The third kappa shape index (κ3) is 9.00. The van der Waals surface area contributed by atoms with Crippen molar-refractivity contribution in [2.75, 3.05) is 26.3 Å². The Labute approximate surface area is 121 Å². The lowest BCUT2D eigenvalue weighted by Crippen LogP contribution is -2.12. The van der Waals surface area contributed by atoms with Gasteiger partial charge in [-0.25, -0.2) is 13.6 Å². The van der Waals surface area contributed by atoms with Crippen LogP contribution < -0.4 is 16.6 Å². The summed E-state index contributed by atoms with van der Waals surface area (Å²) >= 11 is 0. The molecule has 6 nitrogen and oxygen atoms in total. The van der Waals surface area contributed by atoms with Gasteiger partial charge in [-0.2, -0.15) is 0 Å². The molecule has 0 unspecified atom stereocenters. The first-order chi connectivity index (χ1) is 9.45. The van der Waals surface area contributed by atoms with E-state index in [-0.39, 0.29) is 4.90 Å². The molecule has 0 saturated carbocycles. The van der Waals surface area contributed by atoms with Crippen molar-refractivity contribution in [2.24, 2.45) is 16.6 Å². The molecule has 20 heavy (non-hydrogen) atoms. The SMILES string of the molecule is CCOCCCN.NCCc1ccc(S(N)(=O)=O)cc1. The van der Waals surface area contributed by atoms with E-state index in [0.717, 1.165) is 38.2 Å². The zero-order chi connectivity index (χ0) is 15.4. The average molecular weight is 303 g/mol. The number of benzene rings is 1. The average Bonchev–Trinajstić information content (AvgIpc) is 2.40. The van der Waals surface area contributed by atoms with Crippen molar-refractivity contribution >= 4 is 10.0 Å². The van der Waals surface area contributed by atoms with Crippen molar-refractivity contribution in [3.8, 4) is 0 Å². The fraction of sp³-hybridized carbons (Fsp3) is 0.538. The minimum atomic E-state index is -3.57. The monoisotopic (exact) mass is 303 g/mol. The quantitative estimate of drug-likeness (QED) is 0.621. The molecule has 0 fully saturated rings. The van der Waals surface area contributed by atoms with Gasteiger partial charge in [-0.15, -0.1) is 0 Å². The first-order valence-corrected chi connectivity index (χ1v) is 8.10. The summed E-state index contributed by atoms with van der Waals surface area (Å²) in [5.74, 6) is 0. The Bertz CT molecular complexity index is 442. The van der Waals surface area contributed by atoms with Crippen LogP contribution in [0, 0.1) is 0 Å². The third-order valence-corrected chi connectivity index (χ3v) is 3.31. The molecule has 6 N–H and O–H groups in total. The van der Waals surface area contributed by atoms with Crippen LogP contribution in [0.15, 0.2) is 29.2 Å². The lowest BCUT2D eigenvalue weighted by atomic mass is 10.2. The molecule has 0 aliphatic heterocycles. The molecule has 0 aliphatic carbocycles. The van der Waals surface area contributed by atoms with E-state index in [1.807, 2.05) is 6.92 Å². The molecule has 0 bridgehead atoms. The molecule has 7 heteroatoms. The molecule has 0 radical (unpaired) electrons. The second-order valence-corrected chi connectivity index (χ2v) is 5.63.